The van der Waals surface area contributed by atoms with Gasteiger partial charge in [-0.3, -0.25) is 4.79 Å². The fourth-order valence-electron chi connectivity index (χ4n) is 1.77. The number of aryl methyl sites for hydroxylation is 1. The van der Waals surface area contributed by atoms with Crippen LogP contribution in [-0.4, -0.2) is 12.5 Å². The van der Waals surface area contributed by atoms with Crippen molar-refractivity contribution in [2.45, 2.75) is 13.5 Å². The van der Waals surface area contributed by atoms with Crippen LogP contribution < -0.4 is 10.1 Å². The zero-order valence-corrected chi connectivity index (χ0v) is 11.8. The Morgan fingerprint density at radius 1 is 1.24 bits per heavy atom. The second-order valence-corrected chi connectivity index (χ2v) is 4.72. The van der Waals surface area contributed by atoms with Gasteiger partial charge in [0.15, 0.2) is 0 Å². The standard InChI is InChI=1S/C15H12ClF2NO2/c1-9-6-7-10(16)8-12(9)19-14(20)11-4-2-3-5-13(11)21-15(17)18/h2-8,15H,1H3,(H,19,20). The van der Waals surface area contributed by atoms with E-state index >= 15 is 0 Å². The van der Waals surface area contributed by atoms with Gasteiger partial charge in [0.25, 0.3) is 5.91 Å². The maximum Gasteiger partial charge on any atom is 0.387 e. The number of carbonyl (C=O) groups is 1. The van der Waals surface area contributed by atoms with Crippen LogP contribution in [0.4, 0.5) is 14.5 Å². The predicted octanol–water partition coefficient (Wildman–Crippen LogP) is 4.50. The molecule has 0 aliphatic carbocycles. The van der Waals surface area contributed by atoms with Gasteiger partial charge in [0.2, 0.25) is 0 Å². The monoisotopic (exact) mass is 311 g/mol. The zero-order chi connectivity index (χ0) is 15.4. The quantitative estimate of drug-likeness (QED) is 0.902. The number of benzene rings is 2. The molecule has 1 amide bonds. The third-order valence-corrected chi connectivity index (χ3v) is 3.03. The average molecular weight is 312 g/mol. The lowest BCUT2D eigenvalue weighted by atomic mass is 10.1. The van der Waals surface area contributed by atoms with Gasteiger partial charge in [0.05, 0.1) is 5.56 Å². The van der Waals surface area contributed by atoms with Crippen LogP contribution in [0.25, 0.3) is 0 Å². The summed E-state index contributed by atoms with van der Waals surface area (Å²) < 4.78 is 29.0. The van der Waals surface area contributed by atoms with E-state index in [2.05, 4.69) is 10.1 Å². The minimum absolute atomic E-state index is 0.0252. The van der Waals surface area contributed by atoms with E-state index in [4.69, 9.17) is 11.6 Å². The molecule has 0 aliphatic rings. The van der Waals surface area contributed by atoms with Gasteiger partial charge in [-0.1, -0.05) is 29.8 Å². The van der Waals surface area contributed by atoms with Crippen molar-refractivity contribution in [3.63, 3.8) is 0 Å². The molecule has 0 heterocycles. The first kappa shape index (κ1) is 15.3. The second kappa shape index (κ2) is 6.54. The number of alkyl halides is 2. The second-order valence-electron chi connectivity index (χ2n) is 4.29. The van der Waals surface area contributed by atoms with Gasteiger partial charge in [0.1, 0.15) is 5.75 Å². The summed E-state index contributed by atoms with van der Waals surface area (Å²) in [6.07, 6.45) is 0. The molecule has 2 aromatic carbocycles. The molecule has 6 heteroatoms. The van der Waals surface area contributed by atoms with E-state index in [1.807, 2.05) is 0 Å². The van der Waals surface area contributed by atoms with Gasteiger partial charge in [-0.25, -0.2) is 0 Å². The molecule has 3 nitrogen and oxygen atoms in total. The summed E-state index contributed by atoms with van der Waals surface area (Å²) in [5.41, 5.74) is 1.34. The number of amides is 1. The third kappa shape index (κ3) is 3.92. The molecule has 0 saturated carbocycles. The van der Waals surface area contributed by atoms with Crippen LogP contribution in [-0.2, 0) is 0 Å². The summed E-state index contributed by atoms with van der Waals surface area (Å²) in [5.74, 6) is -0.721. The Balaban J connectivity index is 2.26. The molecule has 0 fully saturated rings. The Bertz CT molecular complexity index is 662. The Hall–Kier alpha value is -2.14. The van der Waals surface area contributed by atoms with Gasteiger partial charge >= 0.3 is 6.61 Å². The van der Waals surface area contributed by atoms with Gasteiger partial charge in [-0.15, -0.1) is 0 Å². The lowest BCUT2D eigenvalue weighted by Crippen LogP contribution is -2.15. The number of hydrogen-bond acceptors (Lipinski definition) is 2. The predicted molar refractivity (Wildman–Crippen MR) is 77.2 cm³/mol. The minimum Gasteiger partial charge on any atom is -0.434 e. The molecular weight excluding hydrogens is 300 g/mol. The number of para-hydroxylation sites is 1. The first-order valence-corrected chi connectivity index (χ1v) is 6.46. The normalized spacial score (nSPS) is 10.5. The molecule has 0 aromatic heterocycles. The maximum absolute atomic E-state index is 12.3. The number of hydrogen-bond donors (Lipinski definition) is 1. The summed E-state index contributed by atoms with van der Waals surface area (Å²) in [5, 5.41) is 3.10. The van der Waals surface area contributed by atoms with Crippen molar-refractivity contribution >= 4 is 23.2 Å². The van der Waals surface area contributed by atoms with E-state index in [0.717, 1.165) is 5.56 Å². The van der Waals surface area contributed by atoms with Crippen molar-refractivity contribution in [2.24, 2.45) is 0 Å². The van der Waals surface area contributed by atoms with Crippen LogP contribution in [0.3, 0.4) is 0 Å². The fourth-order valence-corrected chi connectivity index (χ4v) is 1.94. The highest BCUT2D eigenvalue weighted by molar-refractivity contribution is 6.31. The molecule has 21 heavy (non-hydrogen) atoms. The molecule has 2 rings (SSSR count). The van der Waals surface area contributed by atoms with Crippen molar-refractivity contribution in [1.29, 1.82) is 0 Å². The van der Waals surface area contributed by atoms with Gasteiger partial charge in [-0.05, 0) is 36.8 Å². The largest absolute Gasteiger partial charge is 0.434 e. The number of rotatable bonds is 4. The Labute approximate surface area is 125 Å². The number of ether oxygens (including phenoxy) is 1. The van der Waals surface area contributed by atoms with Gasteiger partial charge < -0.3 is 10.1 Å². The molecule has 0 saturated heterocycles. The molecule has 1 N–H and O–H groups in total. The topological polar surface area (TPSA) is 38.3 Å². The number of nitrogens with one attached hydrogen (secondary N) is 1. The third-order valence-electron chi connectivity index (χ3n) is 2.80. The summed E-state index contributed by atoms with van der Waals surface area (Å²) in [7, 11) is 0. The maximum atomic E-state index is 12.3. The van der Waals surface area contributed by atoms with Crippen LogP contribution in [0.15, 0.2) is 42.5 Å². The molecular formula is C15H12ClF2NO2. The van der Waals surface area contributed by atoms with Crippen LogP contribution in [0, 0.1) is 6.92 Å². The van der Waals surface area contributed by atoms with E-state index in [9.17, 15) is 13.6 Å². The lowest BCUT2D eigenvalue weighted by molar-refractivity contribution is -0.0501. The SMILES string of the molecule is Cc1ccc(Cl)cc1NC(=O)c1ccccc1OC(F)F. The van der Waals surface area contributed by atoms with Crippen LogP contribution in [0.5, 0.6) is 5.75 Å². The molecule has 0 radical (unpaired) electrons. The average Bonchev–Trinajstić information content (AvgIpc) is 2.42. The lowest BCUT2D eigenvalue weighted by Gasteiger charge is -2.12. The smallest absolute Gasteiger partial charge is 0.387 e. The fraction of sp³-hybridized carbons (Fsp3) is 0.133. The highest BCUT2D eigenvalue weighted by atomic mass is 35.5. The first-order valence-electron chi connectivity index (χ1n) is 6.08. The van der Waals surface area contributed by atoms with Crippen LogP contribution in [0.1, 0.15) is 15.9 Å². The van der Waals surface area contributed by atoms with Gasteiger partial charge in [0, 0.05) is 10.7 Å². The van der Waals surface area contributed by atoms with E-state index < -0.39 is 12.5 Å². The Morgan fingerprint density at radius 2 is 1.95 bits per heavy atom. The van der Waals surface area contributed by atoms with Crippen molar-refractivity contribution in [3.8, 4) is 5.75 Å². The highest BCUT2D eigenvalue weighted by Crippen LogP contribution is 2.24. The van der Waals surface area contributed by atoms with E-state index in [-0.39, 0.29) is 11.3 Å². The Kier molecular flexibility index (Phi) is 4.75. The molecule has 2 aromatic rings. The minimum atomic E-state index is -2.99. The Morgan fingerprint density at radius 3 is 2.67 bits per heavy atom. The van der Waals surface area contributed by atoms with Gasteiger partial charge in [-0.2, -0.15) is 8.78 Å². The van der Waals surface area contributed by atoms with Crippen LogP contribution in [0.2, 0.25) is 5.02 Å². The number of carbonyl (C=O) groups excluding carboxylic acids is 1. The number of halogens is 3. The van der Waals surface area contributed by atoms with E-state index in [1.165, 1.54) is 18.2 Å². The van der Waals surface area contributed by atoms with E-state index in [1.54, 1.807) is 31.2 Å². The van der Waals surface area contributed by atoms with E-state index in [0.29, 0.717) is 10.7 Å². The molecule has 0 unspecified atom stereocenters. The molecule has 0 spiro atoms. The van der Waals surface area contributed by atoms with Crippen molar-refractivity contribution < 1.29 is 18.3 Å². The van der Waals surface area contributed by atoms with Crippen molar-refractivity contribution in [3.05, 3.63) is 58.6 Å². The zero-order valence-electron chi connectivity index (χ0n) is 11.1. The van der Waals surface area contributed by atoms with Crippen molar-refractivity contribution in [1.82, 2.24) is 0 Å². The molecule has 0 aliphatic heterocycles. The summed E-state index contributed by atoms with van der Waals surface area (Å²) in [6, 6.07) is 10.8. The number of anilines is 1. The molecule has 110 valence electrons. The van der Waals surface area contributed by atoms with Crippen LogP contribution >= 0.6 is 11.6 Å². The summed E-state index contributed by atoms with van der Waals surface area (Å²) >= 11 is 5.87. The summed E-state index contributed by atoms with van der Waals surface area (Å²) in [4.78, 5) is 12.2. The first-order chi connectivity index (χ1) is 9.97. The summed E-state index contributed by atoms with van der Waals surface area (Å²) in [6.45, 7) is -1.19. The molecule has 0 atom stereocenters. The van der Waals surface area contributed by atoms with Crippen molar-refractivity contribution in [2.75, 3.05) is 5.32 Å². The highest BCUT2D eigenvalue weighted by Gasteiger charge is 2.16. The molecule has 0 bridgehead atoms.